The number of ketones is 1. The molecule has 3 aromatic rings. The summed E-state index contributed by atoms with van der Waals surface area (Å²) in [5, 5.41) is 4.16. The highest BCUT2D eigenvalue weighted by atomic mass is 32.2. The smallest absolute Gasteiger partial charge is 0.409 e. The summed E-state index contributed by atoms with van der Waals surface area (Å²) in [5.74, 6) is -0.288. The van der Waals surface area contributed by atoms with Gasteiger partial charge in [-0.2, -0.15) is 4.31 Å². The molecule has 226 valence electrons. The van der Waals surface area contributed by atoms with E-state index in [4.69, 9.17) is 4.74 Å². The van der Waals surface area contributed by atoms with E-state index in [9.17, 15) is 27.6 Å². The summed E-state index contributed by atoms with van der Waals surface area (Å²) >= 11 is 1.44. The zero-order valence-corrected chi connectivity index (χ0v) is 25.0. The molecule has 1 saturated carbocycles. The summed E-state index contributed by atoms with van der Waals surface area (Å²) < 4.78 is 34.1. The number of hydrogen-bond acceptors (Lipinski definition) is 9. The Kier molecular flexibility index (Phi) is 8.29. The number of rotatable bonds is 7. The van der Waals surface area contributed by atoms with Gasteiger partial charge in [0.05, 0.1) is 18.2 Å². The number of thiophene rings is 1. The van der Waals surface area contributed by atoms with E-state index < -0.39 is 57.6 Å². The van der Waals surface area contributed by atoms with Gasteiger partial charge in [0.25, 0.3) is 15.1 Å². The number of pyridine rings is 1. The highest BCUT2D eigenvalue weighted by molar-refractivity contribution is 8.04. The van der Waals surface area contributed by atoms with Crippen LogP contribution in [0, 0.1) is 5.92 Å². The van der Waals surface area contributed by atoms with Crippen LogP contribution in [-0.2, 0) is 19.6 Å². The Balaban J connectivity index is 1.20. The first-order valence-corrected chi connectivity index (χ1v) is 16.8. The number of hydrogen-bond donors (Lipinski definition) is 1. The molecule has 1 aromatic carbocycles. The molecule has 0 radical (unpaired) electrons. The van der Waals surface area contributed by atoms with Crippen molar-refractivity contribution in [2.75, 3.05) is 13.1 Å². The summed E-state index contributed by atoms with van der Waals surface area (Å²) in [4.78, 5) is 58.5. The lowest BCUT2D eigenvalue weighted by atomic mass is 9.84. The molecule has 2 amide bonds. The van der Waals surface area contributed by atoms with E-state index in [-0.39, 0.29) is 24.4 Å². The van der Waals surface area contributed by atoms with E-state index in [1.807, 2.05) is 24.3 Å². The van der Waals surface area contributed by atoms with Crippen LogP contribution in [0.25, 0.3) is 10.1 Å². The quantitative estimate of drug-likeness (QED) is 0.419. The summed E-state index contributed by atoms with van der Waals surface area (Å²) in [6, 6.07) is 7.51. The van der Waals surface area contributed by atoms with Gasteiger partial charge in [0.1, 0.15) is 12.1 Å². The number of benzene rings is 1. The molecular weight excluding hydrogens is 592 g/mol. The number of carbonyl (C=O) groups is 4. The highest BCUT2D eigenvalue weighted by Crippen LogP contribution is 2.35. The molecule has 2 saturated heterocycles. The van der Waals surface area contributed by atoms with Crippen molar-refractivity contribution in [1.29, 1.82) is 0 Å². The predicted octanol–water partition coefficient (Wildman–Crippen LogP) is 3.75. The van der Waals surface area contributed by atoms with Crippen LogP contribution in [0.5, 0.6) is 5.75 Å². The average molecular weight is 625 g/mol. The Morgan fingerprint density at radius 1 is 1.07 bits per heavy atom. The molecule has 13 heteroatoms. The predicted molar refractivity (Wildman–Crippen MR) is 159 cm³/mol. The van der Waals surface area contributed by atoms with Gasteiger partial charge >= 0.3 is 6.09 Å². The Bertz CT molecular complexity index is 1650. The SMILES string of the molecule is O=C(NC(CC1CCCCC1)C(=O)N1CCC2C1C(=O)CN2S(=O)(=O)C(=O)c1cccnc1)Oc1csc2ccccc12. The molecule has 6 rings (SSSR count). The maximum absolute atomic E-state index is 14.0. The van der Waals surface area contributed by atoms with Crippen molar-refractivity contribution in [3.05, 3.63) is 59.7 Å². The third-order valence-corrected chi connectivity index (χ3v) is 11.3. The number of ether oxygens (including phenoxy) is 1. The molecular formula is C30H32N4O7S2. The number of Topliss-reactive ketones (excluding diaryl/α,β-unsaturated/α-hetero) is 1. The topological polar surface area (TPSA) is 143 Å². The van der Waals surface area contributed by atoms with Crippen molar-refractivity contribution >= 4 is 54.3 Å². The van der Waals surface area contributed by atoms with E-state index in [1.165, 1.54) is 40.8 Å². The number of fused-ring (bicyclic) bond motifs is 2. The molecule has 4 heterocycles. The summed E-state index contributed by atoms with van der Waals surface area (Å²) in [6.07, 6.45) is 7.50. The van der Waals surface area contributed by atoms with Crippen LogP contribution < -0.4 is 10.1 Å². The van der Waals surface area contributed by atoms with Crippen molar-refractivity contribution in [3.63, 3.8) is 0 Å². The maximum atomic E-state index is 14.0. The molecule has 11 nitrogen and oxygen atoms in total. The molecule has 3 atom stereocenters. The Hall–Kier alpha value is -3.68. The number of amides is 2. The fourth-order valence-electron chi connectivity index (χ4n) is 6.56. The minimum Gasteiger partial charge on any atom is -0.409 e. The van der Waals surface area contributed by atoms with Crippen LogP contribution in [0.4, 0.5) is 4.79 Å². The molecule has 3 aliphatic rings. The van der Waals surface area contributed by atoms with Crippen LogP contribution in [-0.4, -0.2) is 76.7 Å². The summed E-state index contributed by atoms with van der Waals surface area (Å²) in [6.45, 7) is -0.373. The van der Waals surface area contributed by atoms with E-state index in [0.717, 1.165) is 46.5 Å². The van der Waals surface area contributed by atoms with Crippen molar-refractivity contribution in [3.8, 4) is 5.75 Å². The van der Waals surface area contributed by atoms with Crippen LogP contribution in [0.1, 0.15) is 55.3 Å². The van der Waals surface area contributed by atoms with E-state index in [1.54, 1.807) is 5.38 Å². The number of sulfonamides is 1. The van der Waals surface area contributed by atoms with Gasteiger partial charge in [0, 0.05) is 34.4 Å². The van der Waals surface area contributed by atoms with Gasteiger partial charge in [-0.3, -0.25) is 19.4 Å². The van der Waals surface area contributed by atoms with Crippen LogP contribution >= 0.6 is 11.3 Å². The van der Waals surface area contributed by atoms with Gasteiger partial charge in [-0.15, -0.1) is 11.3 Å². The fraction of sp³-hybridized carbons (Fsp3) is 0.433. The lowest BCUT2D eigenvalue weighted by Crippen LogP contribution is -2.53. The van der Waals surface area contributed by atoms with Gasteiger partial charge in [0.15, 0.2) is 11.5 Å². The molecule has 3 fully saturated rings. The molecule has 0 spiro atoms. The second kappa shape index (κ2) is 12.1. The molecule has 43 heavy (non-hydrogen) atoms. The standard InChI is InChI=1S/C30H32N4O7S2/c35-24-17-34(43(39,40)29(37)20-9-6-13-31-16-20)23-12-14-33(27(23)24)28(36)22(15-19-7-2-1-3-8-19)32-30(38)41-25-18-42-26-11-5-4-10-21(25)26/h4-6,9-11,13,16,18-19,22-23,27H,1-3,7-8,12,14-15,17H2,(H,32,38). The van der Waals surface area contributed by atoms with Crippen molar-refractivity contribution < 1.29 is 32.3 Å². The molecule has 2 aromatic heterocycles. The normalized spacial score (nSPS) is 22.0. The zero-order chi connectivity index (χ0) is 30.1. The Labute approximate surface area is 253 Å². The van der Waals surface area contributed by atoms with Gasteiger partial charge in [-0.05, 0) is 43.0 Å². The molecule has 0 bridgehead atoms. The molecule has 2 aliphatic heterocycles. The highest BCUT2D eigenvalue weighted by Gasteiger charge is 2.55. The number of nitrogens with zero attached hydrogens (tertiary/aromatic N) is 3. The van der Waals surface area contributed by atoms with Crippen molar-refractivity contribution in [2.24, 2.45) is 5.92 Å². The Morgan fingerprint density at radius 2 is 1.86 bits per heavy atom. The first kappa shape index (κ1) is 29.4. The second-order valence-corrected chi connectivity index (χ2v) is 14.0. The Morgan fingerprint density at radius 3 is 2.63 bits per heavy atom. The first-order valence-electron chi connectivity index (χ1n) is 14.5. The number of likely N-dealkylation sites (tertiary alicyclic amines) is 1. The average Bonchev–Trinajstić information content (AvgIpc) is 3.73. The third-order valence-electron chi connectivity index (χ3n) is 8.63. The van der Waals surface area contributed by atoms with Gasteiger partial charge < -0.3 is 15.0 Å². The molecule has 1 aliphatic carbocycles. The largest absolute Gasteiger partial charge is 0.413 e. The number of carbonyl (C=O) groups excluding carboxylic acids is 4. The van der Waals surface area contributed by atoms with Gasteiger partial charge in [-0.25, -0.2) is 13.2 Å². The van der Waals surface area contributed by atoms with E-state index in [2.05, 4.69) is 10.3 Å². The molecule has 1 N–H and O–H groups in total. The maximum Gasteiger partial charge on any atom is 0.413 e. The lowest BCUT2D eigenvalue weighted by Gasteiger charge is -2.31. The fourth-order valence-corrected chi connectivity index (χ4v) is 8.93. The van der Waals surface area contributed by atoms with Crippen LogP contribution in [0.2, 0.25) is 0 Å². The zero-order valence-electron chi connectivity index (χ0n) is 23.4. The van der Waals surface area contributed by atoms with Crippen molar-refractivity contribution in [1.82, 2.24) is 19.5 Å². The van der Waals surface area contributed by atoms with Gasteiger partial charge in [0.2, 0.25) is 5.91 Å². The monoisotopic (exact) mass is 624 g/mol. The van der Waals surface area contributed by atoms with Gasteiger partial charge in [-0.1, -0.05) is 44.2 Å². The summed E-state index contributed by atoms with van der Waals surface area (Å²) in [7, 11) is -4.53. The number of aromatic nitrogens is 1. The lowest BCUT2D eigenvalue weighted by molar-refractivity contribution is -0.138. The van der Waals surface area contributed by atoms with Crippen LogP contribution in [0.15, 0.2) is 54.2 Å². The first-order chi connectivity index (χ1) is 20.7. The minimum atomic E-state index is -4.53. The van der Waals surface area contributed by atoms with E-state index >= 15 is 0 Å². The number of nitrogens with one attached hydrogen (secondary N) is 1. The third kappa shape index (κ3) is 5.80. The van der Waals surface area contributed by atoms with Crippen molar-refractivity contribution in [2.45, 2.75) is 63.1 Å². The second-order valence-electron chi connectivity index (χ2n) is 11.3. The minimum absolute atomic E-state index is 0.0991. The van der Waals surface area contributed by atoms with E-state index in [0.29, 0.717) is 12.2 Å². The molecule has 3 unspecified atom stereocenters. The summed E-state index contributed by atoms with van der Waals surface area (Å²) in [5.41, 5.74) is -0.0991. The van der Waals surface area contributed by atoms with Crippen LogP contribution in [0.3, 0.4) is 0 Å².